The number of piperidine rings is 1. The SMILES string of the molecule is CC1(C)C(=O)N(CCN2CCC(C(=O)c3ccc(F)cc3)CC2)c2ccc(Br)cc21. The lowest BCUT2D eigenvalue weighted by Crippen LogP contribution is -2.43. The van der Waals surface area contributed by atoms with E-state index in [1.165, 1.54) is 12.1 Å². The van der Waals surface area contributed by atoms with Gasteiger partial charge in [0, 0.05) is 34.7 Å². The van der Waals surface area contributed by atoms with Gasteiger partial charge in [0.1, 0.15) is 5.82 Å². The number of benzene rings is 2. The molecule has 0 saturated carbocycles. The molecule has 4 nitrogen and oxygen atoms in total. The van der Waals surface area contributed by atoms with Gasteiger partial charge in [-0.05, 0) is 87.8 Å². The number of ketones is 1. The molecule has 0 bridgehead atoms. The molecule has 2 aromatic rings. The van der Waals surface area contributed by atoms with Crippen molar-refractivity contribution in [2.45, 2.75) is 32.1 Å². The number of nitrogens with zero attached hydrogens (tertiary/aromatic N) is 2. The summed E-state index contributed by atoms with van der Waals surface area (Å²) in [5, 5.41) is 0. The second kappa shape index (κ2) is 8.23. The van der Waals surface area contributed by atoms with Crippen molar-refractivity contribution in [2.24, 2.45) is 5.92 Å². The molecule has 6 heteroatoms. The molecule has 2 aromatic carbocycles. The van der Waals surface area contributed by atoms with E-state index < -0.39 is 5.41 Å². The van der Waals surface area contributed by atoms with Crippen LogP contribution in [0.2, 0.25) is 0 Å². The predicted octanol–water partition coefficient (Wildman–Crippen LogP) is 4.81. The monoisotopic (exact) mass is 472 g/mol. The van der Waals surface area contributed by atoms with E-state index >= 15 is 0 Å². The average Bonchev–Trinajstić information content (AvgIpc) is 2.92. The van der Waals surface area contributed by atoms with Gasteiger partial charge in [-0.1, -0.05) is 15.9 Å². The predicted molar refractivity (Wildman–Crippen MR) is 119 cm³/mol. The number of carbonyl (C=O) groups excluding carboxylic acids is 2. The summed E-state index contributed by atoms with van der Waals surface area (Å²) in [5.41, 5.74) is 2.12. The summed E-state index contributed by atoms with van der Waals surface area (Å²) in [5.74, 6) is -0.102. The van der Waals surface area contributed by atoms with Crippen molar-refractivity contribution in [3.05, 3.63) is 63.9 Å². The summed E-state index contributed by atoms with van der Waals surface area (Å²) in [4.78, 5) is 29.9. The van der Waals surface area contributed by atoms with E-state index in [1.807, 2.05) is 36.9 Å². The Hall–Kier alpha value is -2.05. The number of carbonyl (C=O) groups is 2. The lowest BCUT2D eigenvalue weighted by Gasteiger charge is -2.32. The molecule has 1 amide bonds. The lowest BCUT2D eigenvalue weighted by molar-refractivity contribution is -0.122. The van der Waals surface area contributed by atoms with Gasteiger partial charge in [-0.15, -0.1) is 0 Å². The zero-order valence-corrected chi connectivity index (χ0v) is 18.9. The van der Waals surface area contributed by atoms with Gasteiger partial charge in [0.05, 0.1) is 5.41 Å². The normalized spacial score (nSPS) is 19.2. The number of halogens is 2. The lowest BCUT2D eigenvalue weighted by atomic mass is 9.86. The number of Topliss-reactive ketones (excluding diaryl/α,β-unsaturated/α-hetero) is 1. The Morgan fingerprint density at radius 3 is 2.43 bits per heavy atom. The molecule has 0 unspecified atom stereocenters. The third-order valence-electron chi connectivity index (χ3n) is 6.43. The maximum absolute atomic E-state index is 13.1. The molecule has 0 aromatic heterocycles. The number of likely N-dealkylation sites (tertiary alicyclic amines) is 1. The Morgan fingerprint density at radius 2 is 1.77 bits per heavy atom. The van der Waals surface area contributed by atoms with E-state index in [0.29, 0.717) is 12.1 Å². The Balaban J connectivity index is 1.35. The highest BCUT2D eigenvalue weighted by molar-refractivity contribution is 9.10. The summed E-state index contributed by atoms with van der Waals surface area (Å²) < 4.78 is 14.1. The van der Waals surface area contributed by atoms with Crippen molar-refractivity contribution < 1.29 is 14.0 Å². The van der Waals surface area contributed by atoms with Crippen LogP contribution < -0.4 is 4.90 Å². The van der Waals surface area contributed by atoms with Gasteiger partial charge in [-0.25, -0.2) is 4.39 Å². The van der Waals surface area contributed by atoms with Gasteiger partial charge >= 0.3 is 0 Å². The highest BCUT2D eigenvalue weighted by atomic mass is 79.9. The molecule has 0 radical (unpaired) electrons. The topological polar surface area (TPSA) is 40.6 Å². The first kappa shape index (κ1) is 21.2. The van der Waals surface area contributed by atoms with Crippen LogP contribution in [-0.2, 0) is 10.2 Å². The highest BCUT2D eigenvalue weighted by Crippen LogP contribution is 2.42. The minimum atomic E-state index is -0.520. The largest absolute Gasteiger partial charge is 0.310 e. The van der Waals surface area contributed by atoms with Gasteiger partial charge in [-0.3, -0.25) is 9.59 Å². The first-order chi connectivity index (χ1) is 14.3. The Labute approximate surface area is 185 Å². The summed E-state index contributed by atoms with van der Waals surface area (Å²) in [6, 6.07) is 11.9. The third kappa shape index (κ3) is 3.95. The molecule has 158 valence electrons. The zero-order valence-electron chi connectivity index (χ0n) is 17.3. The third-order valence-corrected chi connectivity index (χ3v) is 6.92. The minimum absolute atomic E-state index is 0.0165. The van der Waals surface area contributed by atoms with Crippen molar-refractivity contribution in [3.63, 3.8) is 0 Å². The standard InChI is InChI=1S/C24H26BrFN2O2/c1-24(2)20-15-18(25)5-8-21(20)28(23(24)30)14-13-27-11-9-17(10-12-27)22(29)16-3-6-19(26)7-4-16/h3-8,15,17H,9-14H2,1-2H3. The molecule has 0 aliphatic carbocycles. The fraction of sp³-hybridized carbons (Fsp3) is 0.417. The van der Waals surface area contributed by atoms with Crippen molar-refractivity contribution in [2.75, 3.05) is 31.1 Å². The summed E-state index contributed by atoms with van der Waals surface area (Å²) in [6.45, 7) is 7.05. The van der Waals surface area contributed by atoms with Crippen molar-refractivity contribution in [1.82, 2.24) is 4.90 Å². The fourth-order valence-corrected chi connectivity index (χ4v) is 4.90. The van der Waals surface area contributed by atoms with Gasteiger partial charge in [0.15, 0.2) is 5.78 Å². The molecule has 0 N–H and O–H groups in total. The number of fused-ring (bicyclic) bond motifs is 1. The Kier molecular flexibility index (Phi) is 5.82. The second-order valence-corrected chi connectivity index (χ2v) is 9.65. The van der Waals surface area contributed by atoms with Crippen LogP contribution in [0, 0.1) is 11.7 Å². The van der Waals surface area contributed by atoms with Gasteiger partial charge in [0.25, 0.3) is 0 Å². The smallest absolute Gasteiger partial charge is 0.237 e. The average molecular weight is 473 g/mol. The first-order valence-corrected chi connectivity index (χ1v) is 11.2. The molecule has 2 aliphatic heterocycles. The number of rotatable bonds is 5. The van der Waals surface area contributed by atoms with Gasteiger partial charge in [0.2, 0.25) is 5.91 Å². The number of anilines is 1. The van der Waals surface area contributed by atoms with Crippen molar-refractivity contribution in [3.8, 4) is 0 Å². The van der Waals surface area contributed by atoms with E-state index in [4.69, 9.17) is 0 Å². The first-order valence-electron chi connectivity index (χ1n) is 10.4. The summed E-state index contributed by atoms with van der Waals surface area (Å²) >= 11 is 3.51. The van der Waals surface area contributed by atoms with E-state index in [9.17, 15) is 14.0 Å². The number of amides is 1. The Bertz CT molecular complexity index is 966. The summed E-state index contributed by atoms with van der Waals surface area (Å²) in [6.07, 6.45) is 1.58. The van der Waals surface area contributed by atoms with Crippen LogP contribution in [0.5, 0.6) is 0 Å². The molecular formula is C24H26BrFN2O2. The molecule has 0 spiro atoms. The number of hydrogen-bond donors (Lipinski definition) is 0. The van der Waals surface area contributed by atoms with Crippen LogP contribution in [0.15, 0.2) is 46.9 Å². The maximum atomic E-state index is 13.1. The molecule has 1 saturated heterocycles. The molecular weight excluding hydrogens is 447 g/mol. The highest BCUT2D eigenvalue weighted by Gasteiger charge is 2.43. The van der Waals surface area contributed by atoms with Crippen LogP contribution >= 0.6 is 15.9 Å². The molecule has 30 heavy (non-hydrogen) atoms. The quantitative estimate of drug-likeness (QED) is 0.586. The van der Waals surface area contributed by atoms with Crippen LogP contribution in [0.1, 0.15) is 42.6 Å². The van der Waals surface area contributed by atoms with E-state index in [1.54, 1.807) is 12.1 Å². The summed E-state index contributed by atoms with van der Waals surface area (Å²) in [7, 11) is 0. The molecule has 4 rings (SSSR count). The number of hydrogen-bond acceptors (Lipinski definition) is 3. The van der Waals surface area contributed by atoms with E-state index in [0.717, 1.165) is 48.2 Å². The molecule has 0 atom stereocenters. The van der Waals surface area contributed by atoms with Crippen LogP contribution in [0.4, 0.5) is 10.1 Å². The van der Waals surface area contributed by atoms with Crippen molar-refractivity contribution >= 4 is 33.3 Å². The molecule has 1 fully saturated rings. The van der Waals surface area contributed by atoms with Gasteiger partial charge in [-0.2, -0.15) is 0 Å². The fourth-order valence-electron chi connectivity index (χ4n) is 4.54. The minimum Gasteiger partial charge on any atom is -0.310 e. The zero-order chi connectivity index (χ0) is 21.5. The van der Waals surface area contributed by atoms with Gasteiger partial charge < -0.3 is 9.80 Å². The maximum Gasteiger partial charge on any atom is 0.237 e. The van der Waals surface area contributed by atoms with E-state index in [-0.39, 0.29) is 23.4 Å². The van der Waals surface area contributed by atoms with Crippen LogP contribution in [-0.4, -0.2) is 42.8 Å². The Morgan fingerprint density at radius 1 is 1.10 bits per heavy atom. The molecule has 2 heterocycles. The van der Waals surface area contributed by atoms with Crippen LogP contribution in [0.3, 0.4) is 0 Å². The molecule has 2 aliphatic rings. The van der Waals surface area contributed by atoms with Crippen LogP contribution in [0.25, 0.3) is 0 Å². The van der Waals surface area contributed by atoms with E-state index in [2.05, 4.69) is 20.8 Å². The van der Waals surface area contributed by atoms with Crippen molar-refractivity contribution in [1.29, 1.82) is 0 Å². The second-order valence-electron chi connectivity index (χ2n) is 8.73.